The summed E-state index contributed by atoms with van der Waals surface area (Å²) in [4.78, 5) is 6.18. The molecule has 6 heteroatoms. The van der Waals surface area contributed by atoms with E-state index in [9.17, 15) is 0 Å². The standard InChI is InChI=1S/C21H22ClN3O2/c1-14-9-17(22)12-25(11-14)21(15(2)23-3)16-10-20(27-13-16)24-18-5-7-19(26-4)8-6-18/h5-11,13,24H,3,12H2,1-2,4H3/b21-15-. The first-order valence-corrected chi connectivity index (χ1v) is 8.86. The molecule has 1 aliphatic heterocycles. The van der Waals surface area contributed by atoms with Crippen LogP contribution in [0.3, 0.4) is 0 Å². The van der Waals surface area contributed by atoms with Crippen molar-refractivity contribution in [3.8, 4) is 5.75 Å². The zero-order valence-corrected chi connectivity index (χ0v) is 16.4. The number of benzene rings is 1. The van der Waals surface area contributed by atoms with Gasteiger partial charge in [0.1, 0.15) is 12.0 Å². The molecule has 5 nitrogen and oxygen atoms in total. The summed E-state index contributed by atoms with van der Waals surface area (Å²) in [5, 5.41) is 4.01. The van der Waals surface area contributed by atoms with E-state index in [2.05, 4.69) is 21.9 Å². The summed E-state index contributed by atoms with van der Waals surface area (Å²) in [5.41, 5.74) is 4.57. The van der Waals surface area contributed by atoms with Crippen LogP contribution in [0.1, 0.15) is 19.4 Å². The zero-order chi connectivity index (χ0) is 19.4. The molecule has 0 saturated heterocycles. The van der Waals surface area contributed by atoms with Crippen LogP contribution in [0.15, 0.2) is 74.6 Å². The third-order valence-electron chi connectivity index (χ3n) is 4.16. The number of nitrogens with zero attached hydrogens (tertiary/aromatic N) is 2. The summed E-state index contributed by atoms with van der Waals surface area (Å²) in [6, 6.07) is 9.56. The quantitative estimate of drug-likeness (QED) is 0.644. The Hall–Kier alpha value is -2.92. The molecule has 0 bridgehead atoms. The van der Waals surface area contributed by atoms with Crippen LogP contribution in [0.25, 0.3) is 5.70 Å². The fourth-order valence-corrected chi connectivity index (χ4v) is 3.23. The molecular formula is C21H22ClN3O2. The van der Waals surface area contributed by atoms with Crippen LogP contribution in [-0.4, -0.2) is 25.3 Å². The fraction of sp³-hybridized carbons (Fsp3) is 0.190. The van der Waals surface area contributed by atoms with Crippen molar-refractivity contribution in [3.05, 3.63) is 70.7 Å². The molecule has 0 aliphatic carbocycles. The molecular weight excluding hydrogens is 362 g/mol. The fourth-order valence-electron chi connectivity index (χ4n) is 2.93. The molecule has 0 unspecified atom stereocenters. The van der Waals surface area contributed by atoms with Crippen molar-refractivity contribution in [2.75, 3.05) is 19.0 Å². The number of hydrogen-bond donors (Lipinski definition) is 1. The van der Waals surface area contributed by atoms with Crippen molar-refractivity contribution in [2.45, 2.75) is 13.8 Å². The molecule has 0 atom stereocenters. The van der Waals surface area contributed by atoms with Gasteiger partial charge in [-0.05, 0) is 56.5 Å². The Bertz CT molecular complexity index is 923. The van der Waals surface area contributed by atoms with Crippen molar-refractivity contribution in [2.24, 2.45) is 4.99 Å². The first-order valence-electron chi connectivity index (χ1n) is 8.49. The van der Waals surface area contributed by atoms with Gasteiger partial charge < -0.3 is 19.4 Å². The summed E-state index contributed by atoms with van der Waals surface area (Å²) in [5.74, 6) is 1.43. The third-order valence-corrected chi connectivity index (χ3v) is 4.39. The Morgan fingerprint density at radius 3 is 2.70 bits per heavy atom. The molecule has 0 spiro atoms. The van der Waals surface area contributed by atoms with Crippen molar-refractivity contribution < 1.29 is 9.15 Å². The van der Waals surface area contributed by atoms with E-state index in [1.807, 2.05) is 56.5 Å². The van der Waals surface area contributed by atoms with Gasteiger partial charge in [-0.15, -0.1) is 0 Å². The number of anilines is 2. The highest BCUT2D eigenvalue weighted by Gasteiger charge is 2.19. The molecule has 27 heavy (non-hydrogen) atoms. The molecule has 1 aromatic carbocycles. The second kappa shape index (κ2) is 8.18. The van der Waals surface area contributed by atoms with Crippen molar-refractivity contribution >= 4 is 35.6 Å². The number of ether oxygens (including phenoxy) is 1. The molecule has 140 valence electrons. The van der Waals surface area contributed by atoms with Crippen LogP contribution >= 0.6 is 11.6 Å². The van der Waals surface area contributed by atoms with Crippen molar-refractivity contribution in [1.29, 1.82) is 0 Å². The summed E-state index contributed by atoms with van der Waals surface area (Å²) in [6.07, 6.45) is 5.70. The minimum Gasteiger partial charge on any atom is -0.497 e. The van der Waals surface area contributed by atoms with Crippen LogP contribution in [0.4, 0.5) is 11.6 Å². The number of aliphatic imine (C=N–C) groups is 1. The van der Waals surface area contributed by atoms with E-state index < -0.39 is 0 Å². The lowest BCUT2D eigenvalue weighted by Gasteiger charge is -2.27. The van der Waals surface area contributed by atoms with Crippen LogP contribution in [0, 0.1) is 0 Å². The highest BCUT2D eigenvalue weighted by molar-refractivity contribution is 6.30. The molecule has 0 radical (unpaired) electrons. The molecule has 0 amide bonds. The lowest BCUT2D eigenvalue weighted by atomic mass is 10.1. The first-order chi connectivity index (χ1) is 13.0. The monoisotopic (exact) mass is 383 g/mol. The highest BCUT2D eigenvalue weighted by Crippen LogP contribution is 2.32. The molecule has 2 heterocycles. The molecule has 0 saturated carbocycles. The normalized spacial score (nSPS) is 14.9. The summed E-state index contributed by atoms with van der Waals surface area (Å²) in [6.45, 7) is 8.17. The molecule has 1 aromatic heterocycles. The van der Waals surface area contributed by atoms with Gasteiger partial charge in [-0.3, -0.25) is 4.99 Å². The Morgan fingerprint density at radius 1 is 1.33 bits per heavy atom. The van der Waals surface area contributed by atoms with Crippen molar-refractivity contribution in [1.82, 2.24) is 4.90 Å². The van der Waals surface area contributed by atoms with E-state index in [0.29, 0.717) is 12.4 Å². The van der Waals surface area contributed by atoms with Gasteiger partial charge in [0.25, 0.3) is 0 Å². The van der Waals surface area contributed by atoms with E-state index in [1.54, 1.807) is 13.4 Å². The molecule has 0 fully saturated rings. The van der Waals surface area contributed by atoms with Crippen LogP contribution < -0.4 is 10.1 Å². The number of nitrogens with one attached hydrogen (secondary N) is 1. The van der Waals surface area contributed by atoms with E-state index in [1.165, 1.54) is 0 Å². The van der Waals surface area contributed by atoms with Gasteiger partial charge in [-0.2, -0.15) is 0 Å². The number of furan rings is 1. The van der Waals surface area contributed by atoms with Gasteiger partial charge in [-0.25, -0.2) is 0 Å². The van der Waals surface area contributed by atoms with E-state index >= 15 is 0 Å². The molecule has 1 aliphatic rings. The second-order valence-electron chi connectivity index (χ2n) is 6.24. The largest absolute Gasteiger partial charge is 0.497 e. The third kappa shape index (κ3) is 4.44. The predicted octanol–water partition coefficient (Wildman–Crippen LogP) is 5.76. The molecule has 2 aromatic rings. The topological polar surface area (TPSA) is 50.0 Å². The number of allylic oxidation sites excluding steroid dienone is 3. The van der Waals surface area contributed by atoms with E-state index in [-0.39, 0.29) is 0 Å². The number of methoxy groups -OCH3 is 1. The lowest BCUT2D eigenvalue weighted by molar-refractivity contribution is 0.415. The summed E-state index contributed by atoms with van der Waals surface area (Å²) in [7, 11) is 1.64. The van der Waals surface area contributed by atoms with Crippen LogP contribution in [-0.2, 0) is 0 Å². The van der Waals surface area contributed by atoms with E-state index in [4.69, 9.17) is 20.8 Å². The Kier molecular flexibility index (Phi) is 5.72. The SMILES string of the molecule is C=N/C(C)=C(/c1coc(Nc2ccc(OC)cc2)c1)N1C=C(C)C=C(Cl)C1. The Balaban J connectivity index is 1.87. The minimum atomic E-state index is 0.577. The maximum Gasteiger partial charge on any atom is 0.197 e. The van der Waals surface area contributed by atoms with Crippen molar-refractivity contribution in [3.63, 3.8) is 0 Å². The Labute approximate surface area is 164 Å². The predicted molar refractivity (Wildman–Crippen MR) is 112 cm³/mol. The zero-order valence-electron chi connectivity index (χ0n) is 15.6. The number of halogens is 1. The van der Waals surface area contributed by atoms with Gasteiger partial charge in [-0.1, -0.05) is 11.6 Å². The summed E-state index contributed by atoms with van der Waals surface area (Å²) < 4.78 is 10.9. The maximum absolute atomic E-state index is 6.29. The van der Waals surface area contributed by atoms with Gasteiger partial charge >= 0.3 is 0 Å². The first kappa shape index (κ1) is 18.9. The lowest BCUT2D eigenvalue weighted by Crippen LogP contribution is -2.21. The van der Waals surface area contributed by atoms with Gasteiger partial charge in [0.2, 0.25) is 0 Å². The molecule has 1 N–H and O–H groups in total. The van der Waals surface area contributed by atoms with Gasteiger partial charge in [0.05, 0.1) is 25.0 Å². The van der Waals surface area contributed by atoms with Crippen LogP contribution in [0.5, 0.6) is 5.75 Å². The van der Waals surface area contributed by atoms with Gasteiger partial charge in [0.15, 0.2) is 5.88 Å². The van der Waals surface area contributed by atoms with Crippen LogP contribution in [0.2, 0.25) is 0 Å². The number of rotatable bonds is 6. The highest BCUT2D eigenvalue weighted by atomic mass is 35.5. The number of hydrogen-bond acceptors (Lipinski definition) is 5. The average molecular weight is 384 g/mol. The van der Waals surface area contributed by atoms with E-state index in [0.717, 1.165) is 39.0 Å². The second-order valence-corrected chi connectivity index (χ2v) is 6.72. The molecule has 3 rings (SSSR count). The minimum absolute atomic E-state index is 0.577. The maximum atomic E-state index is 6.29. The Morgan fingerprint density at radius 2 is 2.07 bits per heavy atom. The average Bonchev–Trinajstić information content (AvgIpc) is 3.09. The smallest absolute Gasteiger partial charge is 0.197 e. The van der Waals surface area contributed by atoms with Gasteiger partial charge in [0, 0.05) is 28.5 Å². The summed E-state index contributed by atoms with van der Waals surface area (Å²) >= 11 is 6.29.